The van der Waals surface area contributed by atoms with E-state index in [0.717, 1.165) is 0 Å². The zero-order valence-corrected chi connectivity index (χ0v) is 6.15. The summed E-state index contributed by atoms with van der Waals surface area (Å²) in [4.78, 5) is 3.57. The van der Waals surface area contributed by atoms with Crippen molar-refractivity contribution in [2.75, 3.05) is 0 Å². The summed E-state index contributed by atoms with van der Waals surface area (Å²) >= 11 is 0. The van der Waals surface area contributed by atoms with Crippen molar-refractivity contribution in [3.63, 3.8) is 0 Å². The van der Waals surface area contributed by atoms with Crippen LogP contribution in [0.15, 0.2) is 24.5 Å². The van der Waals surface area contributed by atoms with E-state index < -0.39 is 10.4 Å². The van der Waals surface area contributed by atoms with E-state index in [-0.39, 0.29) is 5.75 Å². The lowest BCUT2D eigenvalue weighted by molar-refractivity contribution is 0.386. The molecule has 0 unspecified atom stereocenters. The standard InChI is InChI=1S/C5H5NO4S/c7-11(8,9)10-5-2-1-3-6-4-5/h1-4H,(H,7,8,9). The Morgan fingerprint density at radius 3 is 2.73 bits per heavy atom. The van der Waals surface area contributed by atoms with Gasteiger partial charge in [-0.1, -0.05) is 0 Å². The lowest BCUT2D eigenvalue weighted by Crippen LogP contribution is -2.06. The molecular formula is C5H5NO4S. The van der Waals surface area contributed by atoms with Crippen LogP contribution >= 0.6 is 0 Å². The second kappa shape index (κ2) is 2.85. The zero-order chi connectivity index (χ0) is 8.32. The molecule has 0 saturated carbocycles. The van der Waals surface area contributed by atoms with Crippen molar-refractivity contribution >= 4 is 10.4 Å². The molecule has 0 spiro atoms. The van der Waals surface area contributed by atoms with Gasteiger partial charge in [0.25, 0.3) is 0 Å². The van der Waals surface area contributed by atoms with Crippen LogP contribution in [0, 0.1) is 0 Å². The summed E-state index contributed by atoms with van der Waals surface area (Å²) in [7, 11) is -4.42. The predicted octanol–water partition coefficient (Wildman–Crippen LogP) is 0.263. The molecule has 5 nitrogen and oxygen atoms in total. The number of rotatable bonds is 2. The average molecular weight is 175 g/mol. The molecule has 60 valence electrons. The molecule has 0 bridgehead atoms. The van der Waals surface area contributed by atoms with Crippen molar-refractivity contribution in [1.82, 2.24) is 4.98 Å². The highest BCUT2D eigenvalue weighted by atomic mass is 32.3. The Kier molecular flexibility index (Phi) is 2.06. The highest BCUT2D eigenvalue weighted by molar-refractivity contribution is 7.81. The van der Waals surface area contributed by atoms with E-state index in [9.17, 15) is 8.42 Å². The first-order valence-corrected chi connectivity index (χ1v) is 4.01. The van der Waals surface area contributed by atoms with Crippen molar-refractivity contribution in [3.8, 4) is 5.75 Å². The second-order valence-corrected chi connectivity index (χ2v) is 2.72. The van der Waals surface area contributed by atoms with Gasteiger partial charge in [-0.05, 0) is 12.1 Å². The van der Waals surface area contributed by atoms with Gasteiger partial charge in [0.1, 0.15) is 0 Å². The van der Waals surface area contributed by atoms with Gasteiger partial charge in [0.2, 0.25) is 0 Å². The molecule has 0 aliphatic carbocycles. The van der Waals surface area contributed by atoms with Crippen molar-refractivity contribution in [2.45, 2.75) is 0 Å². The lowest BCUT2D eigenvalue weighted by Gasteiger charge is -1.97. The van der Waals surface area contributed by atoms with Gasteiger partial charge in [-0.15, -0.1) is 0 Å². The Hall–Kier alpha value is -1.14. The highest BCUT2D eigenvalue weighted by Gasteiger charge is 2.04. The number of aromatic nitrogens is 1. The molecule has 1 aromatic rings. The molecular weight excluding hydrogens is 170 g/mol. The fraction of sp³-hybridized carbons (Fsp3) is 0. The number of hydrogen-bond acceptors (Lipinski definition) is 4. The summed E-state index contributed by atoms with van der Waals surface area (Å²) in [6, 6.07) is 2.85. The first kappa shape index (κ1) is 7.96. The first-order valence-electron chi connectivity index (χ1n) is 2.65. The van der Waals surface area contributed by atoms with Crippen LogP contribution in [0.25, 0.3) is 0 Å². The van der Waals surface area contributed by atoms with Gasteiger partial charge < -0.3 is 4.18 Å². The van der Waals surface area contributed by atoms with E-state index in [4.69, 9.17) is 4.55 Å². The van der Waals surface area contributed by atoms with Gasteiger partial charge in [0.05, 0.1) is 6.20 Å². The number of nitrogens with zero attached hydrogens (tertiary/aromatic N) is 1. The Labute approximate surface area is 63.6 Å². The molecule has 11 heavy (non-hydrogen) atoms. The molecule has 0 amide bonds. The normalized spacial score (nSPS) is 11.0. The summed E-state index contributed by atoms with van der Waals surface area (Å²) in [5.41, 5.74) is 0. The summed E-state index contributed by atoms with van der Waals surface area (Å²) in [6.45, 7) is 0. The molecule has 0 aliphatic heterocycles. The SMILES string of the molecule is O=S(=O)(O)Oc1cccnc1. The molecule has 1 aromatic heterocycles. The van der Waals surface area contributed by atoms with E-state index in [1.807, 2.05) is 0 Å². The lowest BCUT2D eigenvalue weighted by atomic mass is 10.5. The quantitative estimate of drug-likeness (QED) is 0.652. The van der Waals surface area contributed by atoms with Crippen molar-refractivity contribution in [3.05, 3.63) is 24.5 Å². The van der Waals surface area contributed by atoms with Gasteiger partial charge in [-0.25, -0.2) is 0 Å². The van der Waals surface area contributed by atoms with Crippen LogP contribution in [0.1, 0.15) is 0 Å². The van der Waals surface area contributed by atoms with Gasteiger partial charge in [-0.3, -0.25) is 9.54 Å². The summed E-state index contributed by atoms with van der Waals surface area (Å²) in [5, 5.41) is 0. The van der Waals surface area contributed by atoms with E-state index in [1.54, 1.807) is 0 Å². The fourth-order valence-corrected chi connectivity index (χ4v) is 0.860. The Morgan fingerprint density at radius 2 is 2.27 bits per heavy atom. The average Bonchev–Trinajstić information content (AvgIpc) is 1.85. The van der Waals surface area contributed by atoms with Crippen LogP contribution in [0.5, 0.6) is 5.75 Å². The number of pyridine rings is 1. The van der Waals surface area contributed by atoms with Crippen molar-refractivity contribution in [2.24, 2.45) is 0 Å². The van der Waals surface area contributed by atoms with Crippen LogP contribution in [0.4, 0.5) is 0 Å². The molecule has 0 aromatic carbocycles. The third kappa shape index (κ3) is 2.96. The topological polar surface area (TPSA) is 76.5 Å². The van der Waals surface area contributed by atoms with Crippen LogP contribution in [0.3, 0.4) is 0 Å². The summed E-state index contributed by atoms with van der Waals surface area (Å²) in [6.07, 6.45) is 2.63. The van der Waals surface area contributed by atoms with E-state index >= 15 is 0 Å². The molecule has 1 rings (SSSR count). The number of hydrogen-bond donors (Lipinski definition) is 1. The van der Waals surface area contributed by atoms with Gasteiger partial charge >= 0.3 is 10.4 Å². The van der Waals surface area contributed by atoms with Crippen molar-refractivity contribution < 1.29 is 17.2 Å². The fourth-order valence-electron chi connectivity index (χ4n) is 0.518. The third-order valence-electron chi connectivity index (χ3n) is 0.836. The van der Waals surface area contributed by atoms with E-state index in [1.165, 1.54) is 24.5 Å². The van der Waals surface area contributed by atoms with E-state index in [0.29, 0.717) is 0 Å². The Morgan fingerprint density at radius 1 is 1.55 bits per heavy atom. The maximum atomic E-state index is 10.1. The van der Waals surface area contributed by atoms with E-state index in [2.05, 4.69) is 9.17 Å². The maximum Gasteiger partial charge on any atom is 0.446 e. The predicted molar refractivity (Wildman–Crippen MR) is 36.4 cm³/mol. The summed E-state index contributed by atoms with van der Waals surface area (Å²) < 4.78 is 32.5. The minimum Gasteiger partial charge on any atom is -0.360 e. The van der Waals surface area contributed by atoms with Crippen molar-refractivity contribution in [1.29, 1.82) is 0 Å². The highest BCUT2D eigenvalue weighted by Crippen LogP contribution is 2.07. The minimum atomic E-state index is -4.42. The second-order valence-electron chi connectivity index (χ2n) is 1.70. The smallest absolute Gasteiger partial charge is 0.360 e. The van der Waals surface area contributed by atoms with Gasteiger partial charge in [0, 0.05) is 6.20 Å². The molecule has 1 heterocycles. The van der Waals surface area contributed by atoms with Gasteiger partial charge in [-0.2, -0.15) is 8.42 Å². The molecule has 0 atom stereocenters. The molecule has 0 saturated heterocycles. The molecule has 0 aliphatic rings. The van der Waals surface area contributed by atoms with Crippen LogP contribution < -0.4 is 4.18 Å². The maximum absolute atomic E-state index is 10.1. The minimum absolute atomic E-state index is 0.0185. The zero-order valence-electron chi connectivity index (χ0n) is 5.34. The molecule has 0 fully saturated rings. The molecule has 1 N–H and O–H groups in total. The first-order chi connectivity index (χ1) is 5.08. The van der Waals surface area contributed by atoms with Gasteiger partial charge in [0.15, 0.2) is 5.75 Å². The van der Waals surface area contributed by atoms with Crippen LogP contribution in [0.2, 0.25) is 0 Å². The largest absolute Gasteiger partial charge is 0.446 e. The summed E-state index contributed by atoms with van der Waals surface area (Å²) in [5.74, 6) is -0.0185. The Balaban J connectivity index is 2.82. The van der Waals surface area contributed by atoms with Crippen LogP contribution in [-0.4, -0.2) is 18.0 Å². The molecule has 6 heteroatoms. The molecule has 0 radical (unpaired) electrons. The monoisotopic (exact) mass is 175 g/mol. The Bertz CT molecular complexity index is 320. The third-order valence-corrected chi connectivity index (χ3v) is 1.24. The van der Waals surface area contributed by atoms with Crippen LogP contribution in [-0.2, 0) is 10.4 Å².